The third kappa shape index (κ3) is 2.20. The predicted octanol–water partition coefficient (Wildman–Crippen LogP) is 1.32. The molecule has 4 nitrogen and oxygen atoms in total. The zero-order valence-corrected chi connectivity index (χ0v) is 9.05. The van der Waals surface area contributed by atoms with Crippen molar-refractivity contribution in [3.8, 4) is 0 Å². The van der Waals surface area contributed by atoms with Crippen LogP contribution in [0.15, 0.2) is 12.4 Å². The summed E-state index contributed by atoms with van der Waals surface area (Å²) in [5.74, 6) is 1.02. The topological polar surface area (TPSA) is 34.0 Å². The van der Waals surface area contributed by atoms with Gasteiger partial charge in [-0.3, -0.25) is 0 Å². The maximum absolute atomic E-state index is 4.09. The summed E-state index contributed by atoms with van der Waals surface area (Å²) in [5, 5.41) is 7.96. The SMILES string of the molecule is c1cn(C2CCN(CC3CC3)CC2)nn1. The summed E-state index contributed by atoms with van der Waals surface area (Å²) < 4.78 is 2.02. The summed E-state index contributed by atoms with van der Waals surface area (Å²) in [6.45, 7) is 3.81. The van der Waals surface area contributed by atoms with Gasteiger partial charge in [0.05, 0.1) is 12.2 Å². The molecule has 1 saturated carbocycles. The Morgan fingerprint density at radius 1 is 1.13 bits per heavy atom. The minimum absolute atomic E-state index is 0.586. The van der Waals surface area contributed by atoms with Crippen molar-refractivity contribution < 1.29 is 0 Å². The summed E-state index contributed by atoms with van der Waals surface area (Å²) >= 11 is 0. The first-order valence-electron chi connectivity index (χ1n) is 6.00. The maximum atomic E-state index is 4.09. The van der Waals surface area contributed by atoms with Gasteiger partial charge in [-0.1, -0.05) is 5.21 Å². The van der Waals surface area contributed by atoms with Gasteiger partial charge < -0.3 is 4.90 Å². The third-order valence-corrected chi connectivity index (χ3v) is 3.59. The number of piperidine rings is 1. The molecule has 0 atom stereocenters. The summed E-state index contributed by atoms with van der Waals surface area (Å²) in [7, 11) is 0. The van der Waals surface area contributed by atoms with Crippen LogP contribution in [0.2, 0.25) is 0 Å². The Hall–Kier alpha value is -0.900. The quantitative estimate of drug-likeness (QED) is 0.748. The largest absolute Gasteiger partial charge is 0.303 e. The lowest BCUT2D eigenvalue weighted by atomic mass is 10.1. The molecule has 4 heteroatoms. The van der Waals surface area contributed by atoms with E-state index in [0.29, 0.717) is 6.04 Å². The molecule has 2 fully saturated rings. The Morgan fingerprint density at radius 2 is 1.93 bits per heavy atom. The number of hydrogen-bond acceptors (Lipinski definition) is 3. The first kappa shape index (κ1) is 9.33. The first-order valence-corrected chi connectivity index (χ1v) is 6.00. The number of hydrogen-bond donors (Lipinski definition) is 0. The minimum atomic E-state index is 0.586. The Labute approximate surface area is 90.3 Å². The molecule has 1 saturated heterocycles. The second kappa shape index (κ2) is 3.93. The molecule has 15 heavy (non-hydrogen) atoms. The van der Waals surface area contributed by atoms with Crippen LogP contribution in [0.4, 0.5) is 0 Å². The third-order valence-electron chi connectivity index (χ3n) is 3.59. The van der Waals surface area contributed by atoms with Crippen molar-refractivity contribution in [1.82, 2.24) is 19.9 Å². The molecule has 0 radical (unpaired) electrons. The van der Waals surface area contributed by atoms with Crippen molar-refractivity contribution in [3.63, 3.8) is 0 Å². The van der Waals surface area contributed by atoms with Gasteiger partial charge in [0.25, 0.3) is 0 Å². The summed E-state index contributed by atoms with van der Waals surface area (Å²) in [6, 6.07) is 0.586. The van der Waals surface area contributed by atoms with Crippen LogP contribution < -0.4 is 0 Å². The van der Waals surface area contributed by atoms with Crippen LogP contribution in [-0.2, 0) is 0 Å². The van der Waals surface area contributed by atoms with Crippen molar-refractivity contribution in [1.29, 1.82) is 0 Å². The molecule has 0 unspecified atom stereocenters. The Balaban J connectivity index is 1.51. The van der Waals surface area contributed by atoms with E-state index >= 15 is 0 Å². The van der Waals surface area contributed by atoms with Gasteiger partial charge in [0, 0.05) is 25.8 Å². The summed E-state index contributed by atoms with van der Waals surface area (Å²) in [6.07, 6.45) is 9.15. The molecule has 1 aliphatic heterocycles. The molecule has 1 aromatic rings. The van der Waals surface area contributed by atoms with E-state index in [1.807, 2.05) is 10.9 Å². The number of nitrogens with zero attached hydrogens (tertiary/aromatic N) is 4. The molecule has 2 heterocycles. The Bertz CT molecular complexity index is 296. The van der Waals surface area contributed by atoms with Crippen LogP contribution >= 0.6 is 0 Å². The van der Waals surface area contributed by atoms with E-state index in [1.54, 1.807) is 6.20 Å². The van der Waals surface area contributed by atoms with Gasteiger partial charge in [-0.25, -0.2) is 4.68 Å². The molecule has 0 bridgehead atoms. The van der Waals surface area contributed by atoms with E-state index in [1.165, 1.54) is 45.3 Å². The summed E-state index contributed by atoms with van der Waals surface area (Å²) in [5.41, 5.74) is 0. The lowest BCUT2D eigenvalue weighted by Crippen LogP contribution is -2.36. The molecule has 1 aromatic heterocycles. The Morgan fingerprint density at radius 3 is 2.53 bits per heavy atom. The van der Waals surface area contributed by atoms with Gasteiger partial charge in [-0.2, -0.15) is 0 Å². The highest BCUT2D eigenvalue weighted by molar-refractivity contribution is 4.82. The zero-order valence-electron chi connectivity index (χ0n) is 9.05. The molecular formula is C11H18N4. The van der Waals surface area contributed by atoms with Gasteiger partial charge in [0.15, 0.2) is 0 Å². The fourth-order valence-electron chi connectivity index (χ4n) is 2.44. The number of aromatic nitrogens is 3. The lowest BCUT2D eigenvalue weighted by molar-refractivity contribution is 0.173. The van der Waals surface area contributed by atoms with Gasteiger partial charge in [0.2, 0.25) is 0 Å². The highest BCUT2D eigenvalue weighted by atomic mass is 15.4. The monoisotopic (exact) mass is 206 g/mol. The minimum Gasteiger partial charge on any atom is -0.303 e. The van der Waals surface area contributed by atoms with Gasteiger partial charge >= 0.3 is 0 Å². The molecule has 0 amide bonds. The molecule has 3 rings (SSSR count). The highest BCUT2D eigenvalue weighted by Crippen LogP contribution is 2.31. The van der Waals surface area contributed by atoms with E-state index in [2.05, 4.69) is 15.2 Å². The van der Waals surface area contributed by atoms with Gasteiger partial charge in [0.1, 0.15) is 0 Å². The van der Waals surface area contributed by atoms with E-state index in [4.69, 9.17) is 0 Å². The highest BCUT2D eigenvalue weighted by Gasteiger charge is 2.27. The average Bonchev–Trinajstić information content (AvgIpc) is 2.92. The lowest BCUT2D eigenvalue weighted by Gasteiger charge is -2.31. The normalized spacial score (nSPS) is 24.5. The van der Waals surface area contributed by atoms with E-state index in [0.717, 1.165) is 5.92 Å². The molecule has 2 aliphatic rings. The molecular weight excluding hydrogens is 188 g/mol. The molecule has 1 aliphatic carbocycles. The van der Waals surface area contributed by atoms with Crippen molar-refractivity contribution in [2.75, 3.05) is 19.6 Å². The fourth-order valence-corrected chi connectivity index (χ4v) is 2.44. The van der Waals surface area contributed by atoms with E-state index < -0.39 is 0 Å². The maximum Gasteiger partial charge on any atom is 0.0693 e. The smallest absolute Gasteiger partial charge is 0.0693 e. The van der Waals surface area contributed by atoms with Gasteiger partial charge in [-0.15, -0.1) is 5.10 Å². The molecule has 82 valence electrons. The standard InChI is InChI=1S/C11H18N4/c1-2-10(1)9-14-6-3-11(4-7-14)15-8-5-12-13-15/h5,8,10-11H,1-4,6-7,9H2. The van der Waals surface area contributed by atoms with Crippen LogP contribution in [-0.4, -0.2) is 39.5 Å². The van der Waals surface area contributed by atoms with Crippen molar-refractivity contribution in [2.45, 2.75) is 31.7 Å². The fraction of sp³-hybridized carbons (Fsp3) is 0.818. The van der Waals surface area contributed by atoms with Crippen LogP contribution in [0.1, 0.15) is 31.7 Å². The second-order valence-corrected chi connectivity index (χ2v) is 4.86. The van der Waals surface area contributed by atoms with Crippen molar-refractivity contribution in [3.05, 3.63) is 12.4 Å². The molecule has 0 N–H and O–H groups in total. The van der Waals surface area contributed by atoms with Crippen LogP contribution in [0.5, 0.6) is 0 Å². The predicted molar refractivity (Wildman–Crippen MR) is 57.5 cm³/mol. The van der Waals surface area contributed by atoms with Crippen molar-refractivity contribution >= 4 is 0 Å². The number of rotatable bonds is 3. The van der Waals surface area contributed by atoms with Crippen LogP contribution in [0.25, 0.3) is 0 Å². The number of likely N-dealkylation sites (tertiary alicyclic amines) is 1. The van der Waals surface area contributed by atoms with Crippen molar-refractivity contribution in [2.24, 2.45) is 5.92 Å². The second-order valence-electron chi connectivity index (χ2n) is 4.86. The van der Waals surface area contributed by atoms with Crippen LogP contribution in [0.3, 0.4) is 0 Å². The Kier molecular flexibility index (Phi) is 2.44. The van der Waals surface area contributed by atoms with Gasteiger partial charge in [-0.05, 0) is 31.6 Å². The zero-order chi connectivity index (χ0) is 10.1. The first-order chi connectivity index (χ1) is 7.42. The summed E-state index contributed by atoms with van der Waals surface area (Å²) in [4.78, 5) is 2.62. The van der Waals surface area contributed by atoms with E-state index in [9.17, 15) is 0 Å². The van der Waals surface area contributed by atoms with E-state index in [-0.39, 0.29) is 0 Å². The molecule has 0 aromatic carbocycles. The average molecular weight is 206 g/mol. The van der Waals surface area contributed by atoms with Crippen LogP contribution in [0, 0.1) is 5.92 Å². The molecule has 0 spiro atoms.